The fourth-order valence-electron chi connectivity index (χ4n) is 4.78. The van der Waals surface area contributed by atoms with Gasteiger partial charge in [0.25, 0.3) is 0 Å². The van der Waals surface area contributed by atoms with Gasteiger partial charge in [0.05, 0.1) is 25.1 Å². The number of morpholine rings is 1. The zero-order chi connectivity index (χ0) is 18.1. The maximum Gasteiger partial charge on any atom is 0.146 e. The Morgan fingerprint density at radius 2 is 1.81 bits per heavy atom. The highest BCUT2D eigenvalue weighted by molar-refractivity contribution is 7.19. The van der Waals surface area contributed by atoms with E-state index in [9.17, 15) is 0 Å². The molecule has 2 aliphatic carbocycles. The van der Waals surface area contributed by atoms with Crippen LogP contribution >= 0.6 is 11.3 Å². The molecule has 0 radical (unpaired) electrons. The minimum absolute atomic E-state index is 0.576. The van der Waals surface area contributed by atoms with Crippen molar-refractivity contribution in [1.82, 2.24) is 14.9 Å². The van der Waals surface area contributed by atoms with E-state index in [2.05, 4.69) is 10.2 Å². The molecule has 1 saturated carbocycles. The van der Waals surface area contributed by atoms with Crippen LogP contribution in [0.15, 0.2) is 0 Å². The van der Waals surface area contributed by atoms with Crippen molar-refractivity contribution in [2.24, 2.45) is 0 Å². The van der Waals surface area contributed by atoms with E-state index in [-0.39, 0.29) is 0 Å². The third-order valence-electron chi connectivity index (χ3n) is 6.28. The summed E-state index contributed by atoms with van der Waals surface area (Å²) in [4.78, 5) is 15.3. The van der Waals surface area contributed by atoms with Crippen molar-refractivity contribution < 1.29 is 4.74 Å². The Labute approximate surface area is 165 Å². The summed E-state index contributed by atoms with van der Waals surface area (Å²) >= 11 is 1.92. The Balaban J connectivity index is 1.50. The van der Waals surface area contributed by atoms with Crippen molar-refractivity contribution in [3.63, 3.8) is 0 Å². The van der Waals surface area contributed by atoms with Gasteiger partial charge in [0.2, 0.25) is 0 Å². The number of aromatic nitrogens is 2. The molecule has 146 valence electrons. The van der Waals surface area contributed by atoms with Crippen LogP contribution in [0.4, 0.5) is 5.82 Å². The lowest BCUT2D eigenvalue weighted by Gasteiger charge is -2.27. The van der Waals surface area contributed by atoms with Gasteiger partial charge in [0.1, 0.15) is 16.5 Å². The van der Waals surface area contributed by atoms with Gasteiger partial charge in [-0.25, -0.2) is 9.97 Å². The molecule has 0 atom stereocenters. The molecule has 2 aromatic heterocycles. The molecule has 5 nitrogen and oxygen atoms in total. The van der Waals surface area contributed by atoms with E-state index in [1.807, 2.05) is 11.3 Å². The molecular weight excluding hydrogens is 356 g/mol. The first-order valence-corrected chi connectivity index (χ1v) is 11.6. The zero-order valence-corrected chi connectivity index (χ0v) is 17.0. The number of nitrogens with zero attached hydrogens (tertiary/aromatic N) is 3. The summed E-state index contributed by atoms with van der Waals surface area (Å²) in [7, 11) is 0. The quantitative estimate of drug-likeness (QED) is 0.855. The normalized spacial score (nSPS) is 22.1. The van der Waals surface area contributed by atoms with Crippen molar-refractivity contribution in [3.8, 4) is 0 Å². The highest BCUT2D eigenvalue weighted by Crippen LogP contribution is 2.39. The van der Waals surface area contributed by atoms with E-state index in [0.717, 1.165) is 44.5 Å². The third-order valence-corrected chi connectivity index (χ3v) is 7.46. The number of hydrogen-bond acceptors (Lipinski definition) is 6. The molecule has 1 aliphatic heterocycles. The molecule has 6 heteroatoms. The predicted molar refractivity (Wildman–Crippen MR) is 111 cm³/mol. The van der Waals surface area contributed by atoms with Crippen LogP contribution in [-0.2, 0) is 24.1 Å². The van der Waals surface area contributed by atoms with Crippen LogP contribution in [0.2, 0.25) is 0 Å². The van der Waals surface area contributed by atoms with Crippen molar-refractivity contribution in [1.29, 1.82) is 0 Å². The van der Waals surface area contributed by atoms with Gasteiger partial charge in [0, 0.05) is 24.0 Å². The second-order valence-electron chi connectivity index (χ2n) is 8.25. The molecule has 1 N–H and O–H groups in total. The van der Waals surface area contributed by atoms with Crippen LogP contribution in [0.25, 0.3) is 10.2 Å². The summed E-state index contributed by atoms with van der Waals surface area (Å²) in [6.45, 7) is 4.44. The van der Waals surface area contributed by atoms with E-state index < -0.39 is 0 Å². The van der Waals surface area contributed by atoms with Crippen LogP contribution in [0.1, 0.15) is 61.2 Å². The molecule has 27 heavy (non-hydrogen) atoms. The standard InChI is InChI=1S/C21H30N4OS/c1-2-6-15(7-3-1)22-20-19-16-8-4-5-9-17(16)27-21(19)24-18(23-20)14-25-10-12-26-13-11-25/h15H,1-14H2,(H,22,23,24). The van der Waals surface area contributed by atoms with Gasteiger partial charge in [-0.1, -0.05) is 19.3 Å². The minimum Gasteiger partial charge on any atom is -0.379 e. The average Bonchev–Trinajstić information content (AvgIpc) is 3.08. The SMILES string of the molecule is C1CCC(Nc2nc(CN3CCOCC3)nc3sc4c(c23)CCCC4)CC1. The minimum atomic E-state index is 0.576. The first kappa shape index (κ1) is 17.8. The fraction of sp³-hybridized carbons (Fsp3) is 0.714. The van der Waals surface area contributed by atoms with Crippen LogP contribution in [-0.4, -0.2) is 47.2 Å². The molecule has 3 heterocycles. The molecule has 2 fully saturated rings. The molecule has 2 aromatic rings. The van der Waals surface area contributed by atoms with E-state index in [1.54, 1.807) is 4.88 Å². The molecule has 0 amide bonds. The van der Waals surface area contributed by atoms with E-state index >= 15 is 0 Å². The summed E-state index contributed by atoms with van der Waals surface area (Å²) in [6.07, 6.45) is 11.7. The zero-order valence-electron chi connectivity index (χ0n) is 16.1. The van der Waals surface area contributed by atoms with Crippen molar-refractivity contribution >= 4 is 27.4 Å². The molecule has 0 bridgehead atoms. The van der Waals surface area contributed by atoms with E-state index in [0.29, 0.717) is 6.04 Å². The first-order valence-electron chi connectivity index (χ1n) is 10.7. The summed E-state index contributed by atoms with van der Waals surface area (Å²) in [5.41, 5.74) is 1.54. The Hall–Kier alpha value is -1.24. The number of hydrogen-bond donors (Lipinski definition) is 1. The Morgan fingerprint density at radius 3 is 2.67 bits per heavy atom. The molecule has 1 saturated heterocycles. The first-order chi connectivity index (χ1) is 13.4. The molecule has 0 aromatic carbocycles. The van der Waals surface area contributed by atoms with Gasteiger partial charge in [-0.3, -0.25) is 4.90 Å². The highest BCUT2D eigenvalue weighted by atomic mass is 32.1. The number of rotatable bonds is 4. The maximum atomic E-state index is 5.49. The summed E-state index contributed by atoms with van der Waals surface area (Å²) in [6, 6.07) is 0.576. The van der Waals surface area contributed by atoms with Gasteiger partial charge >= 0.3 is 0 Å². The van der Waals surface area contributed by atoms with Crippen molar-refractivity contribution in [3.05, 3.63) is 16.3 Å². The van der Waals surface area contributed by atoms with Gasteiger partial charge < -0.3 is 10.1 Å². The van der Waals surface area contributed by atoms with Gasteiger partial charge in [0.15, 0.2) is 0 Å². The highest BCUT2D eigenvalue weighted by Gasteiger charge is 2.24. The summed E-state index contributed by atoms with van der Waals surface area (Å²) < 4.78 is 5.49. The second-order valence-corrected chi connectivity index (χ2v) is 9.33. The fourth-order valence-corrected chi connectivity index (χ4v) is 6.06. The lowest BCUT2D eigenvalue weighted by atomic mass is 9.94. The van der Waals surface area contributed by atoms with E-state index in [1.165, 1.54) is 73.6 Å². The monoisotopic (exact) mass is 386 g/mol. The topological polar surface area (TPSA) is 50.3 Å². The number of anilines is 1. The number of ether oxygens (including phenoxy) is 1. The molecular formula is C21H30N4OS. The molecule has 3 aliphatic rings. The molecule has 0 unspecified atom stereocenters. The average molecular weight is 387 g/mol. The Morgan fingerprint density at radius 1 is 1.00 bits per heavy atom. The van der Waals surface area contributed by atoms with Crippen molar-refractivity contribution in [2.45, 2.75) is 70.4 Å². The van der Waals surface area contributed by atoms with Gasteiger partial charge in [-0.2, -0.15) is 0 Å². The van der Waals surface area contributed by atoms with Crippen LogP contribution in [0.3, 0.4) is 0 Å². The number of thiophene rings is 1. The third kappa shape index (κ3) is 3.84. The number of fused-ring (bicyclic) bond motifs is 3. The largest absolute Gasteiger partial charge is 0.379 e. The predicted octanol–water partition coefficient (Wildman–Crippen LogP) is 4.15. The van der Waals surface area contributed by atoms with Gasteiger partial charge in [-0.15, -0.1) is 11.3 Å². The lowest BCUT2D eigenvalue weighted by molar-refractivity contribution is 0.0331. The van der Waals surface area contributed by atoms with E-state index in [4.69, 9.17) is 14.7 Å². The smallest absolute Gasteiger partial charge is 0.146 e. The maximum absolute atomic E-state index is 5.49. The summed E-state index contributed by atoms with van der Waals surface area (Å²) in [5.74, 6) is 2.09. The number of nitrogens with one attached hydrogen (secondary N) is 1. The van der Waals surface area contributed by atoms with Crippen LogP contribution in [0.5, 0.6) is 0 Å². The van der Waals surface area contributed by atoms with Crippen LogP contribution in [0, 0.1) is 0 Å². The molecule has 5 rings (SSSR count). The molecule has 0 spiro atoms. The van der Waals surface area contributed by atoms with Crippen LogP contribution < -0.4 is 5.32 Å². The lowest BCUT2D eigenvalue weighted by Crippen LogP contribution is -2.36. The van der Waals surface area contributed by atoms with Crippen molar-refractivity contribution in [2.75, 3.05) is 31.6 Å². The number of aryl methyl sites for hydroxylation is 2. The second kappa shape index (κ2) is 8.02. The van der Waals surface area contributed by atoms with Gasteiger partial charge in [-0.05, 0) is 44.1 Å². The Bertz CT molecular complexity index is 793. The Kier molecular flexibility index (Phi) is 5.29. The summed E-state index contributed by atoms with van der Waals surface area (Å²) in [5, 5.41) is 5.19.